The van der Waals surface area contributed by atoms with Crippen LogP contribution in [0.3, 0.4) is 0 Å². The largest absolute Gasteiger partial charge is 0.329 e. The number of hydrogen-bond acceptors (Lipinski definition) is 3. The molecule has 1 heterocycles. The van der Waals surface area contributed by atoms with E-state index < -0.39 is 15.3 Å². The highest BCUT2D eigenvalue weighted by atomic mass is 32.2. The summed E-state index contributed by atoms with van der Waals surface area (Å²) in [5.74, 6) is 0. The molecule has 0 aromatic heterocycles. The van der Waals surface area contributed by atoms with Crippen molar-refractivity contribution in [2.75, 3.05) is 19.6 Å². The number of hydrogen-bond donors (Lipinski definition) is 1. The van der Waals surface area contributed by atoms with E-state index in [2.05, 4.69) is 0 Å². The number of piperidine rings is 1. The van der Waals surface area contributed by atoms with Crippen molar-refractivity contribution < 1.29 is 8.42 Å². The predicted molar refractivity (Wildman–Crippen MR) is 78.4 cm³/mol. The summed E-state index contributed by atoms with van der Waals surface area (Å²) >= 11 is 0. The highest BCUT2D eigenvalue weighted by Gasteiger charge is 2.40. The molecule has 112 valence electrons. The van der Waals surface area contributed by atoms with Gasteiger partial charge < -0.3 is 5.73 Å². The molecule has 0 amide bonds. The van der Waals surface area contributed by atoms with Gasteiger partial charge >= 0.3 is 0 Å². The van der Waals surface area contributed by atoms with Gasteiger partial charge in [0, 0.05) is 19.6 Å². The summed E-state index contributed by atoms with van der Waals surface area (Å²) in [6.07, 6.45) is 9.32. The van der Waals surface area contributed by atoms with Gasteiger partial charge in [-0.1, -0.05) is 26.2 Å². The number of rotatable bonds is 4. The zero-order valence-electron chi connectivity index (χ0n) is 12.1. The van der Waals surface area contributed by atoms with Gasteiger partial charge in [0.1, 0.15) is 0 Å². The van der Waals surface area contributed by atoms with Gasteiger partial charge in [0.05, 0.1) is 5.25 Å². The van der Waals surface area contributed by atoms with Crippen LogP contribution in [-0.2, 0) is 10.0 Å². The van der Waals surface area contributed by atoms with Crippen molar-refractivity contribution in [2.45, 2.75) is 63.5 Å². The Labute approximate surface area is 117 Å². The normalized spacial score (nSPS) is 26.4. The van der Waals surface area contributed by atoms with Crippen molar-refractivity contribution in [3.8, 4) is 0 Å². The molecule has 2 N–H and O–H groups in total. The number of nitrogens with two attached hydrogens (primary N) is 1. The Morgan fingerprint density at radius 2 is 1.68 bits per heavy atom. The van der Waals surface area contributed by atoms with Crippen LogP contribution in [0.4, 0.5) is 0 Å². The van der Waals surface area contributed by atoms with Crippen LogP contribution in [0.15, 0.2) is 0 Å². The minimum absolute atomic E-state index is 0.237. The molecule has 1 spiro atoms. The first-order valence-electron chi connectivity index (χ1n) is 7.73. The van der Waals surface area contributed by atoms with Crippen LogP contribution in [0.1, 0.15) is 58.3 Å². The summed E-state index contributed by atoms with van der Waals surface area (Å²) in [4.78, 5) is 0. The lowest BCUT2D eigenvalue weighted by atomic mass is 9.68. The summed E-state index contributed by atoms with van der Waals surface area (Å²) in [5.41, 5.74) is 6.06. The van der Waals surface area contributed by atoms with E-state index in [1.165, 1.54) is 32.1 Å². The Hall–Kier alpha value is -0.130. The lowest BCUT2D eigenvalue weighted by Gasteiger charge is -2.44. The van der Waals surface area contributed by atoms with E-state index in [0.29, 0.717) is 24.9 Å². The van der Waals surface area contributed by atoms with E-state index in [4.69, 9.17) is 5.73 Å². The van der Waals surface area contributed by atoms with Crippen molar-refractivity contribution in [3.63, 3.8) is 0 Å². The fourth-order valence-electron chi connectivity index (χ4n) is 3.73. The summed E-state index contributed by atoms with van der Waals surface area (Å²) in [6.45, 7) is 3.56. The van der Waals surface area contributed by atoms with E-state index in [9.17, 15) is 8.42 Å². The SMILES string of the molecule is CCC(CN)S(=O)(=O)N1CCC2(CCCCC2)CC1. The quantitative estimate of drug-likeness (QED) is 0.861. The van der Waals surface area contributed by atoms with Gasteiger partial charge in [-0.3, -0.25) is 0 Å². The smallest absolute Gasteiger partial charge is 0.218 e. The molecule has 1 aliphatic carbocycles. The van der Waals surface area contributed by atoms with Crippen LogP contribution in [0.5, 0.6) is 0 Å². The Bertz CT molecular complexity index is 374. The van der Waals surface area contributed by atoms with Gasteiger partial charge in [-0.2, -0.15) is 0 Å². The van der Waals surface area contributed by atoms with Crippen LogP contribution in [-0.4, -0.2) is 37.6 Å². The molecule has 2 aliphatic rings. The van der Waals surface area contributed by atoms with Crippen LogP contribution in [0, 0.1) is 5.41 Å². The van der Waals surface area contributed by atoms with E-state index in [1.54, 1.807) is 4.31 Å². The van der Waals surface area contributed by atoms with Crippen molar-refractivity contribution >= 4 is 10.0 Å². The van der Waals surface area contributed by atoms with Gasteiger partial charge in [-0.15, -0.1) is 0 Å². The second kappa shape index (κ2) is 6.10. The Kier molecular flexibility index (Phi) is 4.90. The molecule has 1 unspecified atom stereocenters. The molecule has 0 aromatic carbocycles. The molecule has 5 heteroatoms. The molecule has 0 bridgehead atoms. The van der Waals surface area contributed by atoms with Crippen molar-refractivity contribution in [1.29, 1.82) is 0 Å². The van der Waals surface area contributed by atoms with Crippen LogP contribution in [0.2, 0.25) is 0 Å². The zero-order chi connectivity index (χ0) is 13.9. The molecule has 1 saturated carbocycles. The highest BCUT2D eigenvalue weighted by Crippen LogP contribution is 2.45. The van der Waals surface area contributed by atoms with Gasteiger partial charge in [-0.25, -0.2) is 12.7 Å². The summed E-state index contributed by atoms with van der Waals surface area (Å²) < 4.78 is 26.6. The van der Waals surface area contributed by atoms with Gasteiger partial charge in [0.25, 0.3) is 0 Å². The summed E-state index contributed by atoms with van der Waals surface area (Å²) in [6, 6.07) is 0. The maximum absolute atomic E-state index is 12.5. The van der Waals surface area contributed by atoms with E-state index in [0.717, 1.165) is 12.8 Å². The summed E-state index contributed by atoms with van der Waals surface area (Å²) in [7, 11) is -3.17. The molecule has 0 aromatic rings. The molecular formula is C14H28N2O2S. The molecule has 1 aliphatic heterocycles. The number of sulfonamides is 1. The first kappa shape index (κ1) is 15.3. The molecule has 0 radical (unpaired) electrons. The van der Waals surface area contributed by atoms with E-state index >= 15 is 0 Å². The average Bonchev–Trinajstić information content (AvgIpc) is 2.41. The Balaban J connectivity index is 1.99. The van der Waals surface area contributed by atoms with Crippen molar-refractivity contribution in [2.24, 2.45) is 11.1 Å². The second-order valence-corrected chi connectivity index (χ2v) is 8.48. The van der Waals surface area contributed by atoms with E-state index in [1.807, 2.05) is 6.92 Å². The molecule has 1 saturated heterocycles. The lowest BCUT2D eigenvalue weighted by Crippen LogP contribution is -2.48. The minimum atomic E-state index is -3.17. The molecular weight excluding hydrogens is 260 g/mol. The van der Waals surface area contributed by atoms with Crippen LogP contribution >= 0.6 is 0 Å². The molecule has 19 heavy (non-hydrogen) atoms. The fraction of sp³-hybridized carbons (Fsp3) is 1.00. The first-order chi connectivity index (χ1) is 9.04. The highest BCUT2D eigenvalue weighted by molar-refractivity contribution is 7.89. The van der Waals surface area contributed by atoms with Crippen molar-refractivity contribution in [1.82, 2.24) is 4.31 Å². The maximum Gasteiger partial charge on any atom is 0.218 e. The monoisotopic (exact) mass is 288 g/mol. The third kappa shape index (κ3) is 3.14. The third-order valence-electron chi connectivity index (χ3n) is 5.20. The van der Waals surface area contributed by atoms with E-state index in [-0.39, 0.29) is 6.54 Å². The maximum atomic E-state index is 12.5. The Morgan fingerprint density at radius 3 is 2.16 bits per heavy atom. The Morgan fingerprint density at radius 1 is 1.11 bits per heavy atom. The van der Waals surface area contributed by atoms with Crippen LogP contribution in [0.25, 0.3) is 0 Å². The van der Waals surface area contributed by atoms with Gasteiger partial charge in [0.2, 0.25) is 10.0 Å². The van der Waals surface area contributed by atoms with Crippen molar-refractivity contribution in [3.05, 3.63) is 0 Å². The lowest BCUT2D eigenvalue weighted by molar-refractivity contribution is 0.102. The topological polar surface area (TPSA) is 63.4 Å². The number of nitrogens with zero attached hydrogens (tertiary/aromatic N) is 1. The predicted octanol–water partition coefficient (Wildman–Crippen LogP) is 2.10. The summed E-state index contributed by atoms with van der Waals surface area (Å²) in [5, 5.41) is -0.395. The van der Waals surface area contributed by atoms with Gasteiger partial charge in [0.15, 0.2) is 0 Å². The van der Waals surface area contributed by atoms with Crippen LogP contribution < -0.4 is 5.73 Å². The molecule has 2 rings (SSSR count). The molecule has 1 atom stereocenters. The average molecular weight is 288 g/mol. The minimum Gasteiger partial charge on any atom is -0.329 e. The molecule has 4 nitrogen and oxygen atoms in total. The fourth-order valence-corrected chi connectivity index (χ4v) is 5.50. The second-order valence-electron chi connectivity index (χ2n) is 6.27. The zero-order valence-corrected chi connectivity index (χ0v) is 12.9. The first-order valence-corrected chi connectivity index (χ1v) is 9.23. The van der Waals surface area contributed by atoms with Gasteiger partial charge in [-0.05, 0) is 37.5 Å². The third-order valence-corrected chi connectivity index (χ3v) is 7.65. The molecule has 2 fully saturated rings. The standard InChI is InChI=1S/C14H28N2O2S/c1-2-13(12-15)19(17,18)16-10-8-14(9-11-16)6-4-3-5-7-14/h13H,2-12,15H2,1H3.